The molecule has 0 bridgehead atoms. The summed E-state index contributed by atoms with van der Waals surface area (Å²) in [4.78, 5) is 0. The Labute approximate surface area is 178 Å². The van der Waals surface area contributed by atoms with Crippen molar-refractivity contribution in [1.82, 2.24) is 5.32 Å². The minimum Gasteiger partial charge on any atom is -0.492 e. The Balaban J connectivity index is 1.33. The van der Waals surface area contributed by atoms with Crippen LogP contribution in [0.4, 0.5) is 17.6 Å². The van der Waals surface area contributed by atoms with E-state index < -0.39 is 17.6 Å². The highest BCUT2D eigenvalue weighted by Crippen LogP contribution is 2.40. The molecule has 1 aliphatic carbocycles. The van der Waals surface area contributed by atoms with Gasteiger partial charge in [-0.25, -0.2) is 4.39 Å². The first-order chi connectivity index (χ1) is 14.9. The van der Waals surface area contributed by atoms with Crippen molar-refractivity contribution in [2.24, 2.45) is 0 Å². The zero-order valence-corrected chi connectivity index (χ0v) is 16.9. The lowest BCUT2D eigenvalue weighted by Gasteiger charge is -2.12. The number of hydrogen-bond acceptors (Lipinski definition) is 2. The first-order valence-corrected chi connectivity index (χ1v) is 10.3. The standard InChI is InChI=1S/C25H23F4NO/c26-23-13-21(20-5-2-6-22(12-20)25(27,28)29)14-24(15-23)31-10-9-30-16-17-3-1-4-19(11-17)18-7-8-18/h1-6,11-15,18,30H,7-10,16H2. The zero-order valence-electron chi connectivity index (χ0n) is 16.9. The molecule has 0 heterocycles. The molecule has 0 radical (unpaired) electrons. The van der Waals surface area contributed by atoms with E-state index in [4.69, 9.17) is 4.74 Å². The maximum absolute atomic E-state index is 14.0. The molecule has 0 atom stereocenters. The van der Waals surface area contributed by atoms with Gasteiger partial charge in [0, 0.05) is 19.2 Å². The minimum atomic E-state index is -4.45. The number of alkyl halides is 3. The SMILES string of the molecule is Fc1cc(OCCNCc2cccc(C3CC3)c2)cc(-c2cccc(C(F)(F)F)c2)c1. The summed E-state index contributed by atoms with van der Waals surface area (Å²) in [5, 5.41) is 3.30. The van der Waals surface area contributed by atoms with Crippen molar-refractivity contribution in [1.29, 1.82) is 0 Å². The molecule has 0 spiro atoms. The van der Waals surface area contributed by atoms with Gasteiger partial charge >= 0.3 is 6.18 Å². The van der Waals surface area contributed by atoms with Crippen LogP contribution in [0, 0.1) is 5.82 Å². The van der Waals surface area contributed by atoms with Gasteiger partial charge < -0.3 is 10.1 Å². The molecule has 2 nitrogen and oxygen atoms in total. The average Bonchev–Trinajstić information content (AvgIpc) is 3.58. The van der Waals surface area contributed by atoms with Crippen molar-refractivity contribution < 1.29 is 22.3 Å². The fourth-order valence-electron chi connectivity index (χ4n) is 3.54. The third-order valence-electron chi connectivity index (χ3n) is 5.27. The highest BCUT2D eigenvalue weighted by molar-refractivity contribution is 5.66. The molecule has 0 aliphatic heterocycles. The van der Waals surface area contributed by atoms with Crippen LogP contribution >= 0.6 is 0 Å². The van der Waals surface area contributed by atoms with E-state index in [0.29, 0.717) is 31.2 Å². The monoisotopic (exact) mass is 429 g/mol. The minimum absolute atomic E-state index is 0.282. The molecule has 3 aromatic rings. The van der Waals surface area contributed by atoms with Gasteiger partial charge in [0.05, 0.1) is 5.56 Å². The van der Waals surface area contributed by atoms with Crippen molar-refractivity contribution in [3.63, 3.8) is 0 Å². The van der Waals surface area contributed by atoms with E-state index in [1.54, 1.807) is 6.07 Å². The highest BCUT2D eigenvalue weighted by Gasteiger charge is 2.30. The molecule has 0 unspecified atom stereocenters. The van der Waals surface area contributed by atoms with Crippen LogP contribution in [0.5, 0.6) is 5.75 Å². The van der Waals surface area contributed by atoms with Gasteiger partial charge in [0.25, 0.3) is 0 Å². The van der Waals surface area contributed by atoms with Crippen LogP contribution in [-0.4, -0.2) is 13.2 Å². The Morgan fingerprint density at radius 1 is 0.903 bits per heavy atom. The van der Waals surface area contributed by atoms with Gasteiger partial charge in [0.1, 0.15) is 18.2 Å². The van der Waals surface area contributed by atoms with Gasteiger partial charge in [0.2, 0.25) is 0 Å². The van der Waals surface area contributed by atoms with Crippen LogP contribution in [0.25, 0.3) is 11.1 Å². The van der Waals surface area contributed by atoms with Gasteiger partial charge in [-0.15, -0.1) is 0 Å². The predicted molar refractivity (Wildman–Crippen MR) is 112 cm³/mol. The molecule has 1 fully saturated rings. The summed E-state index contributed by atoms with van der Waals surface area (Å²) < 4.78 is 58.6. The fourth-order valence-corrected chi connectivity index (χ4v) is 3.54. The zero-order chi connectivity index (χ0) is 21.8. The maximum Gasteiger partial charge on any atom is 0.416 e. The van der Waals surface area contributed by atoms with Gasteiger partial charge in [-0.05, 0) is 65.3 Å². The lowest BCUT2D eigenvalue weighted by atomic mass is 10.0. The quantitative estimate of drug-likeness (QED) is 0.324. The third kappa shape index (κ3) is 5.85. The Morgan fingerprint density at radius 2 is 1.71 bits per heavy atom. The molecule has 0 saturated heterocycles. The topological polar surface area (TPSA) is 21.3 Å². The summed E-state index contributed by atoms with van der Waals surface area (Å²) in [5.74, 6) is 0.432. The molecule has 1 aliphatic rings. The van der Waals surface area contributed by atoms with Crippen LogP contribution in [-0.2, 0) is 12.7 Å². The number of halogens is 4. The van der Waals surface area contributed by atoms with Crippen LogP contribution < -0.4 is 10.1 Å². The van der Waals surface area contributed by atoms with Crippen molar-refractivity contribution in [2.75, 3.05) is 13.2 Å². The fraction of sp³-hybridized carbons (Fsp3) is 0.280. The molecule has 0 amide bonds. The Kier molecular flexibility index (Phi) is 6.28. The lowest BCUT2D eigenvalue weighted by molar-refractivity contribution is -0.137. The summed E-state index contributed by atoms with van der Waals surface area (Å²) in [6.07, 6.45) is -1.92. The number of rotatable bonds is 8. The van der Waals surface area contributed by atoms with E-state index in [1.807, 2.05) is 0 Å². The summed E-state index contributed by atoms with van der Waals surface area (Å²) in [6, 6.07) is 17.4. The molecule has 6 heteroatoms. The summed E-state index contributed by atoms with van der Waals surface area (Å²) in [7, 11) is 0. The first-order valence-electron chi connectivity index (χ1n) is 10.3. The Hall–Kier alpha value is -2.86. The molecule has 31 heavy (non-hydrogen) atoms. The van der Waals surface area contributed by atoms with Crippen molar-refractivity contribution in [3.8, 4) is 16.9 Å². The van der Waals surface area contributed by atoms with Gasteiger partial charge in [-0.2, -0.15) is 13.2 Å². The number of hydrogen-bond donors (Lipinski definition) is 1. The number of nitrogens with one attached hydrogen (secondary N) is 1. The molecule has 0 aromatic heterocycles. The smallest absolute Gasteiger partial charge is 0.416 e. The molecule has 1 saturated carbocycles. The number of benzene rings is 3. The van der Waals surface area contributed by atoms with E-state index in [0.717, 1.165) is 12.1 Å². The normalized spacial score (nSPS) is 13.9. The predicted octanol–water partition coefficient (Wildman–Crippen LogP) is 6.56. The van der Waals surface area contributed by atoms with Crippen LogP contribution in [0.3, 0.4) is 0 Å². The lowest BCUT2D eigenvalue weighted by Crippen LogP contribution is -2.20. The van der Waals surface area contributed by atoms with Crippen molar-refractivity contribution in [3.05, 3.63) is 89.2 Å². The largest absolute Gasteiger partial charge is 0.492 e. The summed E-state index contributed by atoms with van der Waals surface area (Å²) >= 11 is 0. The van der Waals surface area contributed by atoms with Crippen LogP contribution in [0.2, 0.25) is 0 Å². The Morgan fingerprint density at radius 3 is 2.48 bits per heavy atom. The Bertz CT molecular complexity index is 1040. The molecule has 3 aromatic carbocycles. The molecular weight excluding hydrogens is 406 g/mol. The van der Waals surface area contributed by atoms with Crippen molar-refractivity contribution >= 4 is 0 Å². The average molecular weight is 429 g/mol. The van der Waals surface area contributed by atoms with Gasteiger partial charge in [-0.3, -0.25) is 0 Å². The van der Waals surface area contributed by atoms with E-state index in [1.165, 1.54) is 48.2 Å². The second kappa shape index (κ2) is 9.10. The second-order valence-electron chi connectivity index (χ2n) is 7.80. The van der Waals surface area contributed by atoms with Crippen molar-refractivity contribution in [2.45, 2.75) is 31.5 Å². The molecule has 1 N–H and O–H groups in total. The molecular formula is C25H23F4NO. The first kappa shape index (κ1) is 21.4. The molecule has 162 valence electrons. The third-order valence-corrected chi connectivity index (χ3v) is 5.27. The number of ether oxygens (including phenoxy) is 1. The highest BCUT2D eigenvalue weighted by atomic mass is 19.4. The summed E-state index contributed by atoms with van der Waals surface area (Å²) in [6.45, 7) is 1.58. The maximum atomic E-state index is 14.0. The van der Waals surface area contributed by atoms with E-state index >= 15 is 0 Å². The van der Waals surface area contributed by atoms with Gasteiger partial charge in [-0.1, -0.05) is 36.4 Å². The van der Waals surface area contributed by atoms with E-state index in [2.05, 4.69) is 29.6 Å². The second-order valence-corrected chi connectivity index (χ2v) is 7.80. The summed E-state index contributed by atoms with van der Waals surface area (Å²) in [5.41, 5.74) is 2.45. The van der Waals surface area contributed by atoms with Crippen LogP contribution in [0.1, 0.15) is 35.4 Å². The molecule has 4 rings (SSSR count). The van der Waals surface area contributed by atoms with E-state index in [9.17, 15) is 17.6 Å². The van der Waals surface area contributed by atoms with E-state index in [-0.39, 0.29) is 11.3 Å². The van der Waals surface area contributed by atoms with Crippen LogP contribution in [0.15, 0.2) is 66.7 Å². The van der Waals surface area contributed by atoms with Gasteiger partial charge in [0.15, 0.2) is 0 Å².